The van der Waals surface area contributed by atoms with Crippen LogP contribution in [0.1, 0.15) is 0 Å². The zero-order chi connectivity index (χ0) is 28.1. The number of benzene rings is 7. The van der Waals surface area contributed by atoms with Gasteiger partial charge >= 0.3 is 0 Å². The molecule has 9 aromatic rings. The molecule has 200 valence electrons. The number of ether oxygens (including phenoxy) is 1. The molecule has 0 atom stereocenters. The average Bonchev–Trinajstić information content (AvgIpc) is 3.62. The van der Waals surface area contributed by atoms with E-state index in [0.717, 1.165) is 39.0 Å². The standard InChI is InChI=1S/C40H22O2S/c1-2-9-34-28(7-1)32-19-24(13-17-35(32)41-34)26-11-15-29-30-16-12-27(22-39(30)43-38(29)21-26)25-14-18-36-33(20-25)31-8-3-5-23-6-4-10-37(42-36)40(23)31/h1-22H. The lowest BCUT2D eigenvalue weighted by atomic mass is 9.92. The maximum absolute atomic E-state index is 6.34. The van der Waals surface area contributed by atoms with Gasteiger partial charge in [0.15, 0.2) is 0 Å². The third kappa shape index (κ3) is 3.40. The lowest BCUT2D eigenvalue weighted by Gasteiger charge is -2.22. The van der Waals surface area contributed by atoms with Crippen molar-refractivity contribution >= 4 is 64.2 Å². The molecule has 0 spiro atoms. The minimum atomic E-state index is 0.909. The van der Waals surface area contributed by atoms with Gasteiger partial charge in [-0.25, -0.2) is 0 Å². The summed E-state index contributed by atoms with van der Waals surface area (Å²) in [5, 5.41) is 7.30. The number of para-hydroxylation sites is 1. The molecule has 1 aliphatic rings. The van der Waals surface area contributed by atoms with Crippen molar-refractivity contribution in [1.82, 2.24) is 0 Å². The molecule has 0 saturated heterocycles. The molecular weight excluding hydrogens is 545 g/mol. The predicted molar refractivity (Wildman–Crippen MR) is 180 cm³/mol. The van der Waals surface area contributed by atoms with E-state index in [1.165, 1.54) is 58.8 Å². The molecule has 1 aliphatic heterocycles. The molecule has 0 aliphatic carbocycles. The Morgan fingerprint density at radius 3 is 1.93 bits per heavy atom. The first kappa shape index (κ1) is 23.2. The van der Waals surface area contributed by atoms with E-state index in [1.807, 2.05) is 23.5 Å². The fourth-order valence-corrected chi connectivity index (χ4v) is 7.97. The van der Waals surface area contributed by atoms with Gasteiger partial charge in [0.2, 0.25) is 0 Å². The Morgan fingerprint density at radius 1 is 0.419 bits per heavy atom. The van der Waals surface area contributed by atoms with Gasteiger partial charge in [0, 0.05) is 41.9 Å². The van der Waals surface area contributed by atoms with Crippen molar-refractivity contribution in [3.8, 4) is 44.9 Å². The van der Waals surface area contributed by atoms with Gasteiger partial charge in [-0.15, -0.1) is 11.3 Å². The van der Waals surface area contributed by atoms with Crippen LogP contribution in [0.4, 0.5) is 0 Å². The number of hydrogen-bond donors (Lipinski definition) is 0. The summed E-state index contributed by atoms with van der Waals surface area (Å²) in [6.45, 7) is 0. The molecule has 0 N–H and O–H groups in total. The largest absolute Gasteiger partial charge is 0.456 e. The molecule has 10 rings (SSSR count). The van der Waals surface area contributed by atoms with Crippen molar-refractivity contribution in [2.24, 2.45) is 0 Å². The number of hydrogen-bond acceptors (Lipinski definition) is 3. The van der Waals surface area contributed by atoms with Crippen LogP contribution < -0.4 is 4.74 Å². The van der Waals surface area contributed by atoms with E-state index in [9.17, 15) is 0 Å². The second-order valence-corrected chi connectivity index (χ2v) is 12.4. The molecule has 3 heteroatoms. The van der Waals surface area contributed by atoms with Gasteiger partial charge in [-0.05, 0) is 81.7 Å². The molecule has 0 unspecified atom stereocenters. The maximum atomic E-state index is 6.34. The fourth-order valence-electron chi connectivity index (χ4n) is 6.79. The Kier molecular flexibility index (Phi) is 4.63. The van der Waals surface area contributed by atoms with Crippen LogP contribution in [0.25, 0.3) is 86.3 Å². The lowest BCUT2D eigenvalue weighted by Crippen LogP contribution is -1.97. The van der Waals surface area contributed by atoms with Crippen LogP contribution in [-0.2, 0) is 0 Å². The number of fused-ring (bicyclic) bond motifs is 8. The van der Waals surface area contributed by atoms with E-state index in [4.69, 9.17) is 9.15 Å². The number of furan rings is 1. The predicted octanol–water partition coefficient (Wildman–Crippen LogP) is 12.2. The molecule has 2 aromatic heterocycles. The van der Waals surface area contributed by atoms with Crippen LogP contribution in [0.3, 0.4) is 0 Å². The number of thiophene rings is 1. The zero-order valence-corrected chi connectivity index (χ0v) is 23.7. The van der Waals surface area contributed by atoms with Crippen molar-refractivity contribution in [1.29, 1.82) is 0 Å². The van der Waals surface area contributed by atoms with Crippen LogP contribution in [0.5, 0.6) is 11.5 Å². The smallest absolute Gasteiger partial charge is 0.135 e. The van der Waals surface area contributed by atoms with Crippen molar-refractivity contribution < 1.29 is 9.15 Å². The minimum Gasteiger partial charge on any atom is -0.456 e. The van der Waals surface area contributed by atoms with Gasteiger partial charge in [0.05, 0.1) is 0 Å². The highest BCUT2D eigenvalue weighted by Crippen LogP contribution is 2.48. The Bertz CT molecular complexity index is 2600. The summed E-state index contributed by atoms with van der Waals surface area (Å²) >= 11 is 1.86. The van der Waals surface area contributed by atoms with Crippen LogP contribution in [0.2, 0.25) is 0 Å². The van der Waals surface area contributed by atoms with Gasteiger partial charge in [-0.1, -0.05) is 84.9 Å². The second kappa shape index (κ2) is 8.57. The third-order valence-corrected chi connectivity index (χ3v) is 9.99. The Labute approximate surface area is 251 Å². The first-order valence-electron chi connectivity index (χ1n) is 14.5. The van der Waals surface area contributed by atoms with Crippen molar-refractivity contribution in [2.75, 3.05) is 0 Å². The summed E-state index contributed by atoms with van der Waals surface area (Å²) in [5.74, 6) is 1.84. The third-order valence-electron chi connectivity index (χ3n) is 8.87. The Hall–Kier alpha value is -5.38. The van der Waals surface area contributed by atoms with Crippen LogP contribution >= 0.6 is 11.3 Å². The maximum Gasteiger partial charge on any atom is 0.135 e. The molecule has 0 fully saturated rings. The van der Waals surface area contributed by atoms with Crippen molar-refractivity contribution in [3.63, 3.8) is 0 Å². The van der Waals surface area contributed by atoms with E-state index in [1.54, 1.807) is 0 Å². The molecule has 0 bridgehead atoms. The van der Waals surface area contributed by atoms with Gasteiger partial charge in [0.1, 0.15) is 22.7 Å². The van der Waals surface area contributed by atoms with E-state index < -0.39 is 0 Å². The summed E-state index contributed by atoms with van der Waals surface area (Å²) < 4.78 is 15.0. The molecule has 3 heterocycles. The summed E-state index contributed by atoms with van der Waals surface area (Å²) in [5.41, 5.74) is 9.06. The summed E-state index contributed by atoms with van der Waals surface area (Å²) in [6.07, 6.45) is 0. The molecule has 0 saturated carbocycles. The van der Waals surface area contributed by atoms with Gasteiger partial charge < -0.3 is 9.15 Å². The highest BCUT2D eigenvalue weighted by atomic mass is 32.1. The first-order chi connectivity index (χ1) is 21.3. The molecular formula is C40H22O2S. The van der Waals surface area contributed by atoms with E-state index in [2.05, 4.69) is 121 Å². The van der Waals surface area contributed by atoms with Gasteiger partial charge in [-0.3, -0.25) is 0 Å². The number of rotatable bonds is 2. The Morgan fingerprint density at radius 2 is 1.09 bits per heavy atom. The highest BCUT2D eigenvalue weighted by Gasteiger charge is 2.20. The summed E-state index contributed by atoms with van der Waals surface area (Å²) in [4.78, 5) is 0. The van der Waals surface area contributed by atoms with Crippen molar-refractivity contribution in [3.05, 3.63) is 133 Å². The van der Waals surface area contributed by atoms with Crippen molar-refractivity contribution in [2.45, 2.75) is 0 Å². The van der Waals surface area contributed by atoms with Gasteiger partial charge in [-0.2, -0.15) is 0 Å². The van der Waals surface area contributed by atoms with Crippen LogP contribution in [0, 0.1) is 0 Å². The molecule has 0 radical (unpaired) electrons. The monoisotopic (exact) mass is 566 g/mol. The average molecular weight is 567 g/mol. The van der Waals surface area contributed by atoms with E-state index >= 15 is 0 Å². The minimum absolute atomic E-state index is 0.909. The lowest BCUT2D eigenvalue weighted by molar-refractivity contribution is 0.487. The fraction of sp³-hybridized carbons (Fsp3) is 0. The highest BCUT2D eigenvalue weighted by molar-refractivity contribution is 7.25. The SMILES string of the molecule is c1cc2c3c(cccc3c1)-c1cc(-c3ccc4c(c3)sc3cc(-c5ccc6oc7ccccc7c6c5)ccc34)ccc1O2. The first-order valence-corrected chi connectivity index (χ1v) is 15.3. The summed E-state index contributed by atoms with van der Waals surface area (Å²) in [6, 6.07) is 47.8. The quantitative estimate of drug-likeness (QED) is 0.208. The summed E-state index contributed by atoms with van der Waals surface area (Å²) in [7, 11) is 0. The zero-order valence-electron chi connectivity index (χ0n) is 22.9. The van der Waals surface area contributed by atoms with E-state index in [0.29, 0.717) is 0 Å². The van der Waals surface area contributed by atoms with Crippen LogP contribution in [0.15, 0.2) is 138 Å². The normalized spacial score (nSPS) is 12.4. The van der Waals surface area contributed by atoms with Crippen LogP contribution in [-0.4, -0.2) is 0 Å². The molecule has 0 amide bonds. The van der Waals surface area contributed by atoms with Gasteiger partial charge in [0.25, 0.3) is 0 Å². The topological polar surface area (TPSA) is 22.4 Å². The molecule has 7 aromatic carbocycles. The molecule has 43 heavy (non-hydrogen) atoms. The van der Waals surface area contributed by atoms with E-state index in [-0.39, 0.29) is 0 Å². The Balaban J connectivity index is 1.07. The molecule has 2 nitrogen and oxygen atoms in total. The second-order valence-electron chi connectivity index (χ2n) is 11.3.